The number of benzene rings is 1. The van der Waals surface area contributed by atoms with Crippen LogP contribution in [-0.4, -0.2) is 62.7 Å². The zero-order valence-corrected chi connectivity index (χ0v) is 18.5. The van der Waals surface area contributed by atoms with E-state index in [0.29, 0.717) is 45.8 Å². The number of nitrogens with zero attached hydrogens (tertiary/aromatic N) is 6. The van der Waals surface area contributed by atoms with E-state index in [9.17, 15) is 9.59 Å². The van der Waals surface area contributed by atoms with E-state index in [-0.39, 0.29) is 30.7 Å². The van der Waals surface area contributed by atoms with Gasteiger partial charge < -0.3 is 14.5 Å². The van der Waals surface area contributed by atoms with E-state index in [4.69, 9.17) is 27.9 Å². The molecule has 0 radical (unpaired) electrons. The van der Waals surface area contributed by atoms with Crippen LogP contribution in [0.5, 0.6) is 5.75 Å². The molecule has 4 heterocycles. The molecule has 1 aromatic carbocycles. The summed E-state index contributed by atoms with van der Waals surface area (Å²) < 4.78 is 7.41. The molecule has 2 aliphatic heterocycles. The summed E-state index contributed by atoms with van der Waals surface area (Å²) in [6.07, 6.45) is 5.26. The Morgan fingerprint density at radius 2 is 2.06 bits per heavy atom. The summed E-state index contributed by atoms with van der Waals surface area (Å²) in [4.78, 5) is 37.8. The first-order valence-electron chi connectivity index (χ1n) is 9.95. The second kappa shape index (κ2) is 8.07. The Labute approximate surface area is 193 Å². The number of halogens is 2. The van der Waals surface area contributed by atoms with Gasteiger partial charge in [0.05, 0.1) is 24.1 Å². The van der Waals surface area contributed by atoms with Crippen molar-refractivity contribution in [3.63, 3.8) is 0 Å². The SMILES string of the molecule is CN1C(=O)[C@@H](N2CCc3c(nn(Cc4cnccn4)c3Cl)C2=O)COc2ccc(Cl)cc21. The minimum atomic E-state index is -0.796. The van der Waals surface area contributed by atoms with E-state index in [1.165, 1.54) is 14.5 Å². The highest BCUT2D eigenvalue weighted by Gasteiger charge is 2.40. The normalized spacial score (nSPS) is 18.2. The van der Waals surface area contributed by atoms with E-state index in [1.54, 1.807) is 43.8 Å². The summed E-state index contributed by atoms with van der Waals surface area (Å²) in [6.45, 7) is 0.650. The number of ether oxygens (including phenoxy) is 1. The Kier molecular flexibility index (Phi) is 5.22. The van der Waals surface area contributed by atoms with Crippen molar-refractivity contribution in [3.8, 4) is 5.75 Å². The van der Waals surface area contributed by atoms with Crippen molar-refractivity contribution >= 4 is 40.7 Å². The smallest absolute Gasteiger partial charge is 0.275 e. The minimum absolute atomic E-state index is 0.0346. The van der Waals surface area contributed by atoms with Crippen LogP contribution in [0, 0.1) is 0 Å². The molecule has 2 amide bonds. The van der Waals surface area contributed by atoms with E-state index in [1.807, 2.05) is 0 Å². The zero-order chi connectivity index (χ0) is 22.4. The van der Waals surface area contributed by atoms with Gasteiger partial charge >= 0.3 is 0 Å². The standard InChI is InChI=1S/C21H18Cl2N6O3/c1-27-15-8-12(22)2-3-17(15)32-11-16(20(27)30)28-7-4-14-18(21(28)31)26-29(19(14)23)10-13-9-24-5-6-25-13/h2-3,5-6,8-9,16H,4,7,10-11H2,1H3/t16-/m0/s1. The molecule has 3 aromatic rings. The van der Waals surface area contributed by atoms with Crippen LogP contribution in [0.3, 0.4) is 0 Å². The van der Waals surface area contributed by atoms with Crippen LogP contribution >= 0.6 is 23.2 Å². The van der Waals surface area contributed by atoms with E-state index < -0.39 is 6.04 Å². The van der Waals surface area contributed by atoms with Crippen molar-refractivity contribution < 1.29 is 14.3 Å². The Bertz CT molecular complexity index is 1220. The molecule has 2 aliphatic rings. The van der Waals surface area contributed by atoms with Gasteiger partial charge in [-0.25, -0.2) is 4.68 Å². The molecule has 32 heavy (non-hydrogen) atoms. The largest absolute Gasteiger partial charge is 0.489 e. The van der Waals surface area contributed by atoms with Gasteiger partial charge in [-0.15, -0.1) is 0 Å². The summed E-state index contributed by atoms with van der Waals surface area (Å²) >= 11 is 12.6. The molecule has 0 bridgehead atoms. The highest BCUT2D eigenvalue weighted by Crippen LogP contribution is 2.35. The second-order valence-corrected chi connectivity index (χ2v) is 8.35. The number of anilines is 1. The van der Waals surface area contributed by atoms with Crippen molar-refractivity contribution in [2.45, 2.75) is 19.0 Å². The average molecular weight is 473 g/mol. The lowest BCUT2D eigenvalue weighted by molar-refractivity contribution is -0.123. The van der Waals surface area contributed by atoms with Crippen molar-refractivity contribution in [1.29, 1.82) is 0 Å². The average Bonchev–Trinajstić information content (AvgIpc) is 3.05. The molecule has 0 saturated carbocycles. The maximum absolute atomic E-state index is 13.3. The first kappa shape index (κ1) is 20.7. The number of likely N-dealkylation sites (N-methyl/N-ethyl adjacent to an activating group) is 1. The van der Waals surface area contributed by atoms with Gasteiger partial charge in [-0.2, -0.15) is 5.10 Å². The van der Waals surface area contributed by atoms with E-state index >= 15 is 0 Å². The molecule has 0 spiro atoms. The van der Waals surface area contributed by atoms with Gasteiger partial charge in [0.2, 0.25) is 0 Å². The van der Waals surface area contributed by atoms with Gasteiger partial charge in [-0.3, -0.25) is 19.6 Å². The van der Waals surface area contributed by atoms with Gasteiger partial charge in [-0.1, -0.05) is 23.2 Å². The van der Waals surface area contributed by atoms with Crippen LogP contribution in [0.25, 0.3) is 0 Å². The lowest BCUT2D eigenvalue weighted by Gasteiger charge is -2.33. The summed E-state index contributed by atoms with van der Waals surface area (Å²) in [5, 5.41) is 5.32. The van der Waals surface area contributed by atoms with Gasteiger partial charge in [0.25, 0.3) is 11.8 Å². The quantitative estimate of drug-likeness (QED) is 0.580. The predicted molar refractivity (Wildman–Crippen MR) is 117 cm³/mol. The monoisotopic (exact) mass is 472 g/mol. The molecule has 11 heteroatoms. The molecular weight excluding hydrogens is 455 g/mol. The Morgan fingerprint density at radius 1 is 1.22 bits per heavy atom. The van der Waals surface area contributed by atoms with Crippen molar-refractivity contribution in [3.05, 3.63) is 63.9 Å². The van der Waals surface area contributed by atoms with Gasteiger partial charge in [0, 0.05) is 36.6 Å². The molecule has 2 aromatic heterocycles. The van der Waals surface area contributed by atoms with Gasteiger partial charge in [-0.05, 0) is 24.6 Å². The Hall–Kier alpha value is -3.17. The number of fused-ring (bicyclic) bond motifs is 2. The molecule has 164 valence electrons. The fraction of sp³-hybridized carbons (Fsp3) is 0.286. The molecule has 1 atom stereocenters. The Morgan fingerprint density at radius 3 is 2.84 bits per heavy atom. The van der Waals surface area contributed by atoms with E-state index in [0.717, 1.165) is 0 Å². The number of rotatable bonds is 3. The number of hydrogen-bond acceptors (Lipinski definition) is 6. The molecular formula is C21H18Cl2N6O3. The van der Waals surface area contributed by atoms with Crippen molar-refractivity contribution in [2.24, 2.45) is 0 Å². The molecule has 9 nitrogen and oxygen atoms in total. The maximum atomic E-state index is 13.3. The number of aromatic nitrogens is 4. The Balaban J connectivity index is 1.42. The van der Waals surface area contributed by atoms with Crippen molar-refractivity contribution in [2.75, 3.05) is 25.1 Å². The third kappa shape index (κ3) is 3.47. The number of carbonyl (C=O) groups excluding carboxylic acids is 2. The molecule has 0 unspecified atom stereocenters. The summed E-state index contributed by atoms with van der Waals surface area (Å²) in [7, 11) is 1.64. The first-order valence-corrected chi connectivity index (χ1v) is 10.7. The third-order valence-corrected chi connectivity index (χ3v) is 6.31. The van der Waals surface area contributed by atoms with E-state index in [2.05, 4.69) is 15.1 Å². The van der Waals surface area contributed by atoms with Crippen LogP contribution in [0.2, 0.25) is 10.2 Å². The molecule has 0 aliphatic carbocycles. The highest BCUT2D eigenvalue weighted by molar-refractivity contribution is 6.31. The molecule has 5 rings (SSSR count). The fourth-order valence-electron chi connectivity index (χ4n) is 3.99. The number of amides is 2. The lowest BCUT2D eigenvalue weighted by atomic mass is 10.0. The van der Waals surface area contributed by atoms with Crippen LogP contribution in [0.4, 0.5) is 5.69 Å². The zero-order valence-electron chi connectivity index (χ0n) is 17.0. The highest BCUT2D eigenvalue weighted by atomic mass is 35.5. The number of hydrogen-bond donors (Lipinski definition) is 0. The van der Waals surface area contributed by atoms with Crippen LogP contribution < -0.4 is 9.64 Å². The topological polar surface area (TPSA) is 93.5 Å². The van der Waals surface area contributed by atoms with Crippen molar-refractivity contribution in [1.82, 2.24) is 24.6 Å². The second-order valence-electron chi connectivity index (χ2n) is 7.56. The summed E-state index contributed by atoms with van der Waals surface area (Å²) in [5.74, 6) is -0.0764. The minimum Gasteiger partial charge on any atom is -0.489 e. The van der Waals surface area contributed by atoms with Crippen LogP contribution in [-0.2, 0) is 17.8 Å². The van der Waals surface area contributed by atoms with Crippen LogP contribution in [0.15, 0.2) is 36.8 Å². The third-order valence-electron chi connectivity index (χ3n) is 5.65. The molecule has 0 N–H and O–H groups in total. The predicted octanol–water partition coefficient (Wildman–Crippen LogP) is 2.45. The molecule has 0 saturated heterocycles. The lowest BCUT2D eigenvalue weighted by Crippen LogP contribution is -2.54. The van der Waals surface area contributed by atoms with Crippen LogP contribution in [0.1, 0.15) is 21.7 Å². The fourth-order valence-corrected chi connectivity index (χ4v) is 4.44. The maximum Gasteiger partial charge on any atom is 0.275 e. The summed E-state index contributed by atoms with van der Waals surface area (Å²) in [6, 6.07) is 4.29. The number of carbonyl (C=O) groups is 2. The molecule has 0 fully saturated rings. The first-order chi connectivity index (χ1) is 15.4. The summed E-state index contributed by atoms with van der Waals surface area (Å²) in [5.41, 5.74) is 2.14. The van der Waals surface area contributed by atoms with Gasteiger partial charge in [0.15, 0.2) is 5.69 Å². The van der Waals surface area contributed by atoms with Gasteiger partial charge in [0.1, 0.15) is 23.6 Å².